The zero-order chi connectivity index (χ0) is 18.5. The van der Waals surface area contributed by atoms with Crippen LogP contribution >= 0.6 is 34.4 Å². The van der Waals surface area contributed by atoms with Crippen molar-refractivity contribution in [3.63, 3.8) is 0 Å². The van der Waals surface area contributed by atoms with Crippen molar-refractivity contribution in [2.24, 2.45) is 5.92 Å². The number of amides is 1. The van der Waals surface area contributed by atoms with Crippen LogP contribution in [-0.4, -0.2) is 26.4 Å². The molecule has 0 fully saturated rings. The molecule has 26 heavy (non-hydrogen) atoms. The summed E-state index contributed by atoms with van der Waals surface area (Å²) < 4.78 is 8.59. The molecule has 0 aliphatic rings. The summed E-state index contributed by atoms with van der Waals surface area (Å²) in [7, 11) is 0. The van der Waals surface area contributed by atoms with E-state index in [0.29, 0.717) is 22.7 Å². The van der Waals surface area contributed by atoms with E-state index in [1.54, 1.807) is 6.26 Å². The van der Waals surface area contributed by atoms with E-state index in [1.165, 1.54) is 11.8 Å². The van der Waals surface area contributed by atoms with E-state index in [4.69, 9.17) is 4.42 Å². The smallest absolute Gasteiger partial charge is 0.234 e. The summed E-state index contributed by atoms with van der Waals surface area (Å²) in [6, 6.07) is 11.4. The number of nitrogens with zero attached hydrogens (tertiary/aromatic N) is 3. The van der Waals surface area contributed by atoms with Gasteiger partial charge in [-0.05, 0) is 64.9 Å². The van der Waals surface area contributed by atoms with Crippen LogP contribution in [0.5, 0.6) is 0 Å². The van der Waals surface area contributed by atoms with Gasteiger partial charge in [0, 0.05) is 15.8 Å². The second kappa shape index (κ2) is 8.72. The second-order valence-corrected chi connectivity index (χ2v) is 8.32. The molecular formula is C18H19IN4O2S. The first-order chi connectivity index (χ1) is 12.5. The standard InChI is InChI=1S/C18H19IN4O2S/c1-12(2)10-23-17(15-4-3-9-25-15)21-22-18(23)26-11-16(24)20-14-7-5-13(19)6-8-14/h3-9,12H,10-11H2,1-2H3,(H,20,24). The Labute approximate surface area is 169 Å². The molecule has 8 heteroatoms. The Kier molecular flexibility index (Phi) is 6.36. The minimum absolute atomic E-state index is 0.0742. The molecule has 136 valence electrons. The van der Waals surface area contributed by atoms with Crippen molar-refractivity contribution in [2.45, 2.75) is 25.5 Å². The van der Waals surface area contributed by atoms with Crippen LogP contribution in [-0.2, 0) is 11.3 Å². The van der Waals surface area contributed by atoms with Gasteiger partial charge in [-0.25, -0.2) is 0 Å². The Morgan fingerprint density at radius 2 is 2.04 bits per heavy atom. The molecule has 2 heterocycles. The number of benzene rings is 1. The molecule has 1 N–H and O–H groups in total. The lowest BCUT2D eigenvalue weighted by molar-refractivity contribution is -0.113. The number of thioether (sulfide) groups is 1. The van der Waals surface area contributed by atoms with E-state index in [0.717, 1.165) is 15.8 Å². The molecule has 2 aromatic heterocycles. The number of nitrogens with one attached hydrogen (secondary N) is 1. The Hall–Kier alpha value is -1.81. The summed E-state index contributed by atoms with van der Waals surface area (Å²) in [5.41, 5.74) is 0.788. The molecule has 0 spiro atoms. The van der Waals surface area contributed by atoms with Gasteiger partial charge >= 0.3 is 0 Å². The maximum Gasteiger partial charge on any atom is 0.234 e. The SMILES string of the molecule is CC(C)Cn1c(SCC(=O)Nc2ccc(I)cc2)nnc1-c1ccco1. The highest BCUT2D eigenvalue weighted by Gasteiger charge is 2.18. The lowest BCUT2D eigenvalue weighted by Crippen LogP contribution is -2.15. The van der Waals surface area contributed by atoms with Crippen LogP contribution in [0, 0.1) is 9.49 Å². The molecule has 1 amide bonds. The molecule has 0 saturated heterocycles. The normalized spacial score (nSPS) is 11.1. The highest BCUT2D eigenvalue weighted by atomic mass is 127. The highest BCUT2D eigenvalue weighted by Crippen LogP contribution is 2.25. The van der Waals surface area contributed by atoms with Gasteiger partial charge in [0.2, 0.25) is 5.91 Å². The maximum absolute atomic E-state index is 12.2. The molecule has 0 radical (unpaired) electrons. The van der Waals surface area contributed by atoms with E-state index < -0.39 is 0 Å². The van der Waals surface area contributed by atoms with Crippen LogP contribution in [0.4, 0.5) is 5.69 Å². The molecule has 1 aromatic carbocycles. The molecule has 0 unspecified atom stereocenters. The Bertz CT molecular complexity index is 860. The minimum atomic E-state index is -0.0742. The third-order valence-corrected chi connectivity index (χ3v) is 5.15. The zero-order valence-corrected chi connectivity index (χ0v) is 17.5. The summed E-state index contributed by atoms with van der Waals surface area (Å²) >= 11 is 3.60. The van der Waals surface area contributed by atoms with Crippen LogP contribution in [0.3, 0.4) is 0 Å². The largest absolute Gasteiger partial charge is 0.461 e. The number of hydrogen-bond acceptors (Lipinski definition) is 5. The van der Waals surface area contributed by atoms with Gasteiger partial charge in [-0.15, -0.1) is 10.2 Å². The molecule has 3 aromatic rings. The van der Waals surface area contributed by atoms with Crippen molar-refractivity contribution in [2.75, 3.05) is 11.1 Å². The van der Waals surface area contributed by atoms with Crippen LogP contribution in [0.25, 0.3) is 11.6 Å². The highest BCUT2D eigenvalue weighted by molar-refractivity contribution is 14.1. The van der Waals surface area contributed by atoms with Crippen LogP contribution in [0.1, 0.15) is 13.8 Å². The van der Waals surface area contributed by atoms with E-state index in [-0.39, 0.29) is 11.7 Å². The van der Waals surface area contributed by atoms with Crippen molar-refractivity contribution in [3.05, 3.63) is 46.2 Å². The Morgan fingerprint density at radius 3 is 2.69 bits per heavy atom. The predicted molar refractivity (Wildman–Crippen MR) is 111 cm³/mol. The number of carbonyl (C=O) groups excluding carboxylic acids is 1. The topological polar surface area (TPSA) is 73.0 Å². The van der Waals surface area contributed by atoms with E-state index in [1.807, 2.05) is 41.0 Å². The number of rotatable bonds is 7. The van der Waals surface area contributed by atoms with E-state index >= 15 is 0 Å². The van der Waals surface area contributed by atoms with Gasteiger partial charge in [0.05, 0.1) is 12.0 Å². The maximum atomic E-state index is 12.2. The first-order valence-corrected chi connectivity index (χ1v) is 10.2. The molecule has 0 aliphatic carbocycles. The molecule has 0 saturated carbocycles. The van der Waals surface area contributed by atoms with Gasteiger partial charge in [0.1, 0.15) is 0 Å². The lowest BCUT2D eigenvalue weighted by Gasteiger charge is -2.11. The van der Waals surface area contributed by atoms with Gasteiger partial charge in [-0.1, -0.05) is 25.6 Å². The summed E-state index contributed by atoms with van der Waals surface area (Å²) in [6.45, 7) is 5.01. The Balaban J connectivity index is 1.69. The fraction of sp³-hybridized carbons (Fsp3) is 0.278. The van der Waals surface area contributed by atoms with Gasteiger partial charge < -0.3 is 9.73 Å². The fourth-order valence-corrected chi connectivity index (χ4v) is 3.48. The number of carbonyl (C=O) groups is 1. The minimum Gasteiger partial charge on any atom is -0.461 e. The molecular weight excluding hydrogens is 463 g/mol. The summed E-state index contributed by atoms with van der Waals surface area (Å²) in [5.74, 6) is 1.97. The van der Waals surface area contributed by atoms with Gasteiger partial charge in [0.25, 0.3) is 0 Å². The third-order valence-electron chi connectivity index (χ3n) is 3.47. The van der Waals surface area contributed by atoms with Crippen molar-refractivity contribution in [1.29, 1.82) is 0 Å². The molecule has 0 atom stereocenters. The van der Waals surface area contributed by atoms with Crippen molar-refractivity contribution >= 4 is 45.9 Å². The fourth-order valence-electron chi connectivity index (χ4n) is 2.37. The number of anilines is 1. The Morgan fingerprint density at radius 1 is 1.27 bits per heavy atom. The van der Waals surface area contributed by atoms with Gasteiger partial charge in [-0.3, -0.25) is 9.36 Å². The van der Waals surface area contributed by atoms with E-state index in [2.05, 4.69) is 52.0 Å². The zero-order valence-electron chi connectivity index (χ0n) is 14.5. The predicted octanol–water partition coefficient (Wildman–Crippen LogP) is 4.53. The second-order valence-electron chi connectivity index (χ2n) is 6.13. The number of aromatic nitrogens is 3. The van der Waals surface area contributed by atoms with Crippen molar-refractivity contribution in [1.82, 2.24) is 14.8 Å². The van der Waals surface area contributed by atoms with Gasteiger partial charge in [0.15, 0.2) is 16.7 Å². The molecule has 3 rings (SSSR count). The summed E-state index contributed by atoms with van der Waals surface area (Å²) in [4.78, 5) is 12.2. The number of halogens is 1. The first-order valence-electron chi connectivity index (χ1n) is 8.18. The quantitative estimate of drug-likeness (QED) is 0.396. The lowest BCUT2D eigenvalue weighted by atomic mass is 10.2. The average molecular weight is 482 g/mol. The first kappa shape index (κ1) is 19.0. The molecule has 0 aliphatic heterocycles. The summed E-state index contributed by atoms with van der Waals surface area (Å²) in [6.07, 6.45) is 1.62. The van der Waals surface area contributed by atoms with Crippen molar-refractivity contribution in [3.8, 4) is 11.6 Å². The summed E-state index contributed by atoms with van der Waals surface area (Å²) in [5, 5.41) is 12.1. The number of hydrogen-bond donors (Lipinski definition) is 1. The van der Waals surface area contributed by atoms with Crippen LogP contribution in [0.15, 0.2) is 52.2 Å². The molecule has 6 nitrogen and oxygen atoms in total. The third kappa shape index (κ3) is 4.88. The average Bonchev–Trinajstić information content (AvgIpc) is 3.24. The number of furan rings is 1. The molecule has 0 bridgehead atoms. The van der Waals surface area contributed by atoms with Crippen LogP contribution < -0.4 is 5.32 Å². The van der Waals surface area contributed by atoms with Crippen LogP contribution in [0.2, 0.25) is 0 Å². The monoisotopic (exact) mass is 482 g/mol. The van der Waals surface area contributed by atoms with Crippen molar-refractivity contribution < 1.29 is 9.21 Å². The van der Waals surface area contributed by atoms with E-state index in [9.17, 15) is 4.79 Å². The van der Waals surface area contributed by atoms with Gasteiger partial charge in [-0.2, -0.15) is 0 Å².